The Morgan fingerprint density at radius 2 is 2.00 bits per heavy atom. The highest BCUT2D eigenvalue weighted by Gasteiger charge is 2.13. The number of nitrogens with zero attached hydrogens (tertiary/aromatic N) is 1. The molecule has 0 saturated carbocycles. The summed E-state index contributed by atoms with van der Waals surface area (Å²) in [7, 11) is 3.54. The normalized spacial score (nSPS) is 9.85. The highest BCUT2D eigenvalue weighted by Crippen LogP contribution is 2.17. The van der Waals surface area contributed by atoms with E-state index in [-0.39, 0.29) is 5.91 Å². The molecule has 0 heterocycles. The quantitative estimate of drug-likeness (QED) is 0.726. The number of carbonyl (C=O) groups is 1. The summed E-state index contributed by atoms with van der Waals surface area (Å²) in [5.41, 5.74) is 1.85. The molecule has 0 aliphatic carbocycles. The van der Waals surface area contributed by atoms with E-state index in [1.807, 2.05) is 25.1 Å². The lowest BCUT2D eigenvalue weighted by atomic mass is 10.1. The van der Waals surface area contributed by atoms with Crippen LogP contribution in [0.2, 0.25) is 0 Å². The Kier molecular flexibility index (Phi) is 3.30. The Morgan fingerprint density at radius 3 is 2.46 bits per heavy atom. The van der Waals surface area contributed by atoms with Gasteiger partial charge < -0.3 is 4.90 Å². The third-order valence-electron chi connectivity index (χ3n) is 1.84. The summed E-state index contributed by atoms with van der Waals surface area (Å²) >= 11 is 2.19. The summed E-state index contributed by atoms with van der Waals surface area (Å²) in [5.74, 6) is 0.0718. The van der Waals surface area contributed by atoms with Crippen molar-refractivity contribution in [1.82, 2.24) is 4.90 Å². The molecule has 13 heavy (non-hydrogen) atoms. The molecule has 0 spiro atoms. The van der Waals surface area contributed by atoms with E-state index in [1.165, 1.54) is 0 Å². The van der Waals surface area contributed by atoms with E-state index < -0.39 is 0 Å². The first-order valence-electron chi connectivity index (χ1n) is 4.01. The fourth-order valence-corrected chi connectivity index (χ4v) is 1.99. The van der Waals surface area contributed by atoms with Crippen molar-refractivity contribution in [2.24, 2.45) is 0 Å². The molecule has 70 valence electrons. The van der Waals surface area contributed by atoms with Gasteiger partial charge in [0.15, 0.2) is 0 Å². The second-order valence-corrected chi connectivity index (χ2v) is 4.29. The van der Waals surface area contributed by atoms with Crippen molar-refractivity contribution in [3.8, 4) is 0 Å². The summed E-state index contributed by atoms with van der Waals surface area (Å²) in [5, 5.41) is 0. The molecule has 0 atom stereocenters. The van der Waals surface area contributed by atoms with E-state index in [2.05, 4.69) is 22.6 Å². The largest absolute Gasteiger partial charge is 0.345 e. The lowest BCUT2D eigenvalue weighted by Crippen LogP contribution is -2.23. The first-order valence-corrected chi connectivity index (χ1v) is 5.08. The Bertz CT molecular complexity index is 313. The Labute approximate surface area is 92.1 Å². The van der Waals surface area contributed by atoms with Crippen LogP contribution in [0.15, 0.2) is 18.2 Å². The molecular weight excluding hydrogens is 277 g/mol. The number of amides is 1. The van der Waals surface area contributed by atoms with Gasteiger partial charge in [-0.15, -0.1) is 0 Å². The zero-order chi connectivity index (χ0) is 10.0. The molecule has 1 aromatic rings. The van der Waals surface area contributed by atoms with Crippen LogP contribution in [-0.4, -0.2) is 24.9 Å². The molecule has 0 bridgehead atoms. The van der Waals surface area contributed by atoms with Crippen molar-refractivity contribution < 1.29 is 4.79 Å². The molecule has 0 N–H and O–H groups in total. The summed E-state index contributed by atoms with van der Waals surface area (Å²) in [6.45, 7) is 1.96. The maximum atomic E-state index is 11.7. The molecule has 0 radical (unpaired) electrons. The zero-order valence-electron chi connectivity index (χ0n) is 7.97. The van der Waals surface area contributed by atoms with Crippen molar-refractivity contribution in [3.05, 3.63) is 32.9 Å². The average molecular weight is 289 g/mol. The Balaban J connectivity index is 3.20. The lowest BCUT2D eigenvalue weighted by molar-refractivity contribution is 0.0826. The summed E-state index contributed by atoms with van der Waals surface area (Å²) in [6.07, 6.45) is 0. The van der Waals surface area contributed by atoms with Crippen molar-refractivity contribution in [2.75, 3.05) is 14.1 Å². The smallest absolute Gasteiger partial charge is 0.254 e. The van der Waals surface area contributed by atoms with Crippen molar-refractivity contribution in [3.63, 3.8) is 0 Å². The van der Waals surface area contributed by atoms with Crippen LogP contribution < -0.4 is 0 Å². The van der Waals surface area contributed by atoms with Gasteiger partial charge in [0.25, 0.3) is 5.91 Å². The van der Waals surface area contributed by atoms with Crippen LogP contribution in [0, 0.1) is 10.5 Å². The van der Waals surface area contributed by atoms with Gasteiger partial charge in [0.05, 0.1) is 5.56 Å². The molecule has 1 rings (SSSR count). The van der Waals surface area contributed by atoms with Gasteiger partial charge in [-0.3, -0.25) is 4.79 Å². The van der Waals surface area contributed by atoms with Gasteiger partial charge in [0.1, 0.15) is 0 Å². The van der Waals surface area contributed by atoms with Crippen LogP contribution in [0.25, 0.3) is 0 Å². The van der Waals surface area contributed by atoms with E-state index in [9.17, 15) is 4.79 Å². The second kappa shape index (κ2) is 4.09. The summed E-state index contributed by atoms with van der Waals surface area (Å²) < 4.78 is 1.01. The van der Waals surface area contributed by atoms with Crippen molar-refractivity contribution >= 4 is 28.5 Å². The maximum absolute atomic E-state index is 11.7. The highest BCUT2D eigenvalue weighted by atomic mass is 127. The molecule has 0 aromatic heterocycles. The lowest BCUT2D eigenvalue weighted by Gasteiger charge is -2.13. The first kappa shape index (κ1) is 10.5. The topological polar surface area (TPSA) is 20.3 Å². The van der Waals surface area contributed by atoms with E-state index >= 15 is 0 Å². The average Bonchev–Trinajstić information content (AvgIpc) is 2.03. The van der Waals surface area contributed by atoms with Crippen LogP contribution in [0.4, 0.5) is 0 Å². The number of hydrogen-bond acceptors (Lipinski definition) is 1. The fourth-order valence-electron chi connectivity index (χ4n) is 1.13. The molecule has 0 fully saturated rings. The van der Waals surface area contributed by atoms with Crippen LogP contribution in [0.3, 0.4) is 0 Å². The van der Waals surface area contributed by atoms with E-state index in [0.717, 1.165) is 14.7 Å². The Hall–Kier alpha value is -0.580. The predicted molar refractivity (Wildman–Crippen MR) is 61.9 cm³/mol. The van der Waals surface area contributed by atoms with Gasteiger partial charge in [-0.25, -0.2) is 0 Å². The van der Waals surface area contributed by atoms with Gasteiger partial charge in [-0.1, -0.05) is 12.1 Å². The van der Waals surface area contributed by atoms with Gasteiger partial charge >= 0.3 is 0 Å². The van der Waals surface area contributed by atoms with Crippen LogP contribution in [0.5, 0.6) is 0 Å². The maximum Gasteiger partial charge on any atom is 0.254 e. The van der Waals surface area contributed by atoms with Gasteiger partial charge in [0.2, 0.25) is 0 Å². The number of aryl methyl sites for hydroxylation is 1. The van der Waals surface area contributed by atoms with E-state index in [1.54, 1.807) is 19.0 Å². The fraction of sp³-hybridized carbons (Fsp3) is 0.300. The van der Waals surface area contributed by atoms with Crippen LogP contribution in [0.1, 0.15) is 15.9 Å². The number of carbonyl (C=O) groups excluding carboxylic acids is 1. The molecule has 1 amide bonds. The third-order valence-corrected chi connectivity index (χ3v) is 2.74. The van der Waals surface area contributed by atoms with Gasteiger partial charge in [-0.05, 0) is 41.1 Å². The van der Waals surface area contributed by atoms with Crippen molar-refractivity contribution in [2.45, 2.75) is 6.92 Å². The highest BCUT2D eigenvalue weighted by molar-refractivity contribution is 14.1. The van der Waals surface area contributed by atoms with E-state index in [0.29, 0.717) is 0 Å². The number of hydrogen-bond donors (Lipinski definition) is 0. The molecule has 0 unspecified atom stereocenters. The minimum absolute atomic E-state index is 0.0718. The minimum atomic E-state index is 0.0718. The molecule has 1 aromatic carbocycles. The number of benzene rings is 1. The van der Waals surface area contributed by atoms with Gasteiger partial charge in [-0.2, -0.15) is 0 Å². The summed E-state index contributed by atoms with van der Waals surface area (Å²) in [4.78, 5) is 13.3. The predicted octanol–water partition coefficient (Wildman–Crippen LogP) is 2.30. The molecule has 0 saturated heterocycles. The zero-order valence-corrected chi connectivity index (χ0v) is 10.1. The molecule has 2 nitrogen and oxygen atoms in total. The minimum Gasteiger partial charge on any atom is -0.345 e. The number of rotatable bonds is 1. The van der Waals surface area contributed by atoms with Crippen LogP contribution in [-0.2, 0) is 0 Å². The molecular formula is C10H12INO. The third kappa shape index (κ3) is 2.21. The molecule has 0 aliphatic heterocycles. The molecule has 3 heteroatoms. The summed E-state index contributed by atoms with van der Waals surface area (Å²) in [6, 6.07) is 5.87. The standard InChI is InChI=1S/C10H12INO/c1-7-5-4-6-8(11)9(7)10(13)12(2)3/h4-6H,1-3H3. The first-order chi connectivity index (χ1) is 6.04. The second-order valence-electron chi connectivity index (χ2n) is 3.13. The molecule has 0 aliphatic rings. The van der Waals surface area contributed by atoms with Crippen LogP contribution >= 0.6 is 22.6 Å². The van der Waals surface area contributed by atoms with Gasteiger partial charge in [0, 0.05) is 17.7 Å². The number of halogens is 1. The SMILES string of the molecule is Cc1cccc(I)c1C(=O)N(C)C. The van der Waals surface area contributed by atoms with E-state index in [4.69, 9.17) is 0 Å². The monoisotopic (exact) mass is 289 g/mol. The van der Waals surface area contributed by atoms with Crippen molar-refractivity contribution in [1.29, 1.82) is 0 Å². The Morgan fingerprint density at radius 1 is 1.38 bits per heavy atom.